The van der Waals surface area contributed by atoms with Crippen molar-refractivity contribution in [2.24, 2.45) is 11.8 Å². The molecule has 2 aromatic rings. The smallest absolute Gasteiger partial charge is 0.252 e. The van der Waals surface area contributed by atoms with Crippen molar-refractivity contribution in [1.82, 2.24) is 15.5 Å². The lowest BCUT2D eigenvalue weighted by atomic mass is 10.0. The van der Waals surface area contributed by atoms with E-state index < -0.39 is 0 Å². The minimum atomic E-state index is -0.351. The maximum absolute atomic E-state index is 12.9. The second-order valence-electron chi connectivity index (χ2n) is 8.36. The van der Waals surface area contributed by atoms with E-state index in [-0.39, 0.29) is 17.9 Å². The lowest BCUT2D eigenvalue weighted by molar-refractivity contribution is 0.0913. The van der Waals surface area contributed by atoms with Crippen molar-refractivity contribution in [3.05, 3.63) is 35.5 Å². The Morgan fingerprint density at radius 3 is 2.62 bits per heavy atom. The van der Waals surface area contributed by atoms with Crippen molar-refractivity contribution in [3.8, 4) is 11.5 Å². The second kappa shape index (κ2) is 9.29. The quantitative estimate of drug-likeness (QED) is 0.630. The highest BCUT2D eigenvalue weighted by Gasteiger charge is 2.31. The summed E-state index contributed by atoms with van der Waals surface area (Å²) in [6, 6.07) is 4.86. The van der Waals surface area contributed by atoms with Crippen LogP contribution in [0.1, 0.15) is 81.0 Å². The van der Waals surface area contributed by atoms with Gasteiger partial charge < -0.3 is 19.3 Å². The zero-order valence-corrected chi connectivity index (χ0v) is 17.9. The van der Waals surface area contributed by atoms with Gasteiger partial charge in [0.2, 0.25) is 5.89 Å². The molecule has 0 radical (unpaired) electrons. The molecule has 0 bridgehead atoms. The number of amides is 1. The number of carbonyl (C=O) groups is 1. The SMILES string of the molecule is COc1cc(C(=O)NC(c2nc(C3CC3)no2)C(C)C)ccc1OCCC(C)C. The molecule has 1 aliphatic carbocycles. The summed E-state index contributed by atoms with van der Waals surface area (Å²) >= 11 is 0. The van der Waals surface area contributed by atoms with Gasteiger partial charge in [0.1, 0.15) is 6.04 Å². The highest BCUT2D eigenvalue weighted by atomic mass is 16.5. The molecule has 1 saturated carbocycles. The van der Waals surface area contributed by atoms with Crippen LogP contribution in [0.3, 0.4) is 0 Å². The van der Waals surface area contributed by atoms with E-state index in [2.05, 4.69) is 29.3 Å². The minimum Gasteiger partial charge on any atom is -0.493 e. The summed E-state index contributed by atoms with van der Waals surface area (Å²) in [7, 11) is 1.57. The number of nitrogens with one attached hydrogen (secondary N) is 1. The zero-order valence-electron chi connectivity index (χ0n) is 17.9. The Morgan fingerprint density at radius 1 is 1.24 bits per heavy atom. The standard InChI is InChI=1S/C22H31N3O4/c1-13(2)10-11-28-17-9-8-16(12-18(17)27-5)21(26)23-19(14(3)4)22-24-20(25-29-22)15-6-7-15/h8-9,12-15,19H,6-7,10-11H2,1-5H3,(H,23,26). The number of benzene rings is 1. The normalized spacial score (nSPS) is 14.9. The van der Waals surface area contributed by atoms with E-state index in [1.54, 1.807) is 25.3 Å². The third-order valence-corrected chi connectivity index (χ3v) is 5.00. The number of methoxy groups -OCH3 is 1. The molecule has 29 heavy (non-hydrogen) atoms. The van der Waals surface area contributed by atoms with Gasteiger partial charge in [-0.05, 0) is 49.3 Å². The summed E-state index contributed by atoms with van der Waals surface area (Å²) in [6.45, 7) is 8.93. The average Bonchev–Trinajstić information content (AvgIpc) is 3.43. The van der Waals surface area contributed by atoms with Gasteiger partial charge in [0, 0.05) is 11.5 Å². The summed E-state index contributed by atoms with van der Waals surface area (Å²) < 4.78 is 16.7. The summed E-state index contributed by atoms with van der Waals surface area (Å²) in [5, 5.41) is 7.09. The Labute approximate surface area is 172 Å². The Morgan fingerprint density at radius 2 is 2.00 bits per heavy atom. The van der Waals surface area contributed by atoms with E-state index >= 15 is 0 Å². The third-order valence-electron chi connectivity index (χ3n) is 5.00. The van der Waals surface area contributed by atoms with Crippen LogP contribution in [0.5, 0.6) is 11.5 Å². The van der Waals surface area contributed by atoms with Crippen LogP contribution in [-0.2, 0) is 0 Å². The maximum atomic E-state index is 12.9. The van der Waals surface area contributed by atoms with Crippen molar-refractivity contribution in [2.75, 3.05) is 13.7 Å². The van der Waals surface area contributed by atoms with Crippen LogP contribution in [0.15, 0.2) is 22.7 Å². The molecule has 3 rings (SSSR count). The van der Waals surface area contributed by atoms with Gasteiger partial charge in [-0.2, -0.15) is 4.98 Å². The van der Waals surface area contributed by atoms with E-state index in [9.17, 15) is 4.79 Å². The van der Waals surface area contributed by atoms with Gasteiger partial charge in [0.25, 0.3) is 5.91 Å². The van der Waals surface area contributed by atoms with Gasteiger partial charge in [-0.25, -0.2) is 0 Å². The van der Waals surface area contributed by atoms with Crippen molar-refractivity contribution in [1.29, 1.82) is 0 Å². The van der Waals surface area contributed by atoms with E-state index in [4.69, 9.17) is 14.0 Å². The van der Waals surface area contributed by atoms with E-state index in [1.165, 1.54) is 0 Å². The molecule has 0 saturated heterocycles. The number of aromatic nitrogens is 2. The van der Waals surface area contributed by atoms with Gasteiger partial charge in [-0.3, -0.25) is 4.79 Å². The topological polar surface area (TPSA) is 86.5 Å². The van der Waals surface area contributed by atoms with Gasteiger partial charge in [-0.1, -0.05) is 32.9 Å². The Hall–Kier alpha value is -2.57. The van der Waals surface area contributed by atoms with Crippen molar-refractivity contribution in [2.45, 2.75) is 58.9 Å². The molecule has 1 amide bonds. The molecule has 7 heteroatoms. The van der Waals surface area contributed by atoms with Crippen LogP contribution in [-0.4, -0.2) is 29.8 Å². The predicted octanol–water partition coefficient (Wildman–Crippen LogP) is 4.51. The number of rotatable bonds is 10. The number of ether oxygens (including phenoxy) is 2. The number of carbonyl (C=O) groups excluding carboxylic acids is 1. The first-order chi connectivity index (χ1) is 13.9. The lowest BCUT2D eigenvalue weighted by Crippen LogP contribution is -2.32. The molecule has 1 aromatic carbocycles. The Balaban J connectivity index is 1.70. The molecule has 1 unspecified atom stereocenters. The van der Waals surface area contributed by atoms with Crippen LogP contribution in [0, 0.1) is 11.8 Å². The lowest BCUT2D eigenvalue weighted by Gasteiger charge is -2.19. The summed E-state index contributed by atoms with van der Waals surface area (Å²) in [4.78, 5) is 17.4. The highest BCUT2D eigenvalue weighted by Crippen LogP contribution is 2.38. The van der Waals surface area contributed by atoms with Crippen molar-refractivity contribution >= 4 is 5.91 Å². The van der Waals surface area contributed by atoms with E-state index in [0.29, 0.717) is 41.4 Å². The minimum absolute atomic E-state index is 0.104. The summed E-state index contributed by atoms with van der Waals surface area (Å²) in [5.74, 6) is 3.22. The molecule has 0 aliphatic heterocycles. The van der Waals surface area contributed by atoms with Crippen molar-refractivity contribution in [3.63, 3.8) is 0 Å². The average molecular weight is 402 g/mol. The largest absolute Gasteiger partial charge is 0.493 e. The molecule has 7 nitrogen and oxygen atoms in total. The third kappa shape index (κ3) is 5.49. The zero-order chi connectivity index (χ0) is 21.0. The molecule has 1 N–H and O–H groups in total. The molecular formula is C22H31N3O4. The fourth-order valence-corrected chi connectivity index (χ4v) is 2.95. The van der Waals surface area contributed by atoms with Crippen LogP contribution in [0.2, 0.25) is 0 Å². The molecule has 1 fully saturated rings. The van der Waals surface area contributed by atoms with Crippen LogP contribution in [0.25, 0.3) is 0 Å². The molecule has 1 heterocycles. The molecule has 0 spiro atoms. The first-order valence-electron chi connectivity index (χ1n) is 10.3. The first kappa shape index (κ1) is 21.1. The first-order valence-corrected chi connectivity index (χ1v) is 10.3. The van der Waals surface area contributed by atoms with Gasteiger partial charge in [-0.15, -0.1) is 0 Å². The predicted molar refractivity (Wildman–Crippen MR) is 109 cm³/mol. The van der Waals surface area contributed by atoms with E-state index in [1.807, 2.05) is 13.8 Å². The fraction of sp³-hybridized carbons (Fsp3) is 0.591. The second-order valence-corrected chi connectivity index (χ2v) is 8.36. The van der Waals surface area contributed by atoms with Crippen LogP contribution >= 0.6 is 0 Å². The van der Waals surface area contributed by atoms with Crippen molar-refractivity contribution < 1.29 is 18.8 Å². The molecule has 1 aromatic heterocycles. The monoisotopic (exact) mass is 401 g/mol. The number of hydrogen-bond acceptors (Lipinski definition) is 6. The summed E-state index contributed by atoms with van der Waals surface area (Å²) in [5.41, 5.74) is 0.491. The van der Waals surface area contributed by atoms with Gasteiger partial charge in [0.15, 0.2) is 17.3 Å². The van der Waals surface area contributed by atoms with Gasteiger partial charge >= 0.3 is 0 Å². The van der Waals surface area contributed by atoms with Gasteiger partial charge in [0.05, 0.1) is 13.7 Å². The Kier molecular flexibility index (Phi) is 6.77. The fourth-order valence-electron chi connectivity index (χ4n) is 2.95. The van der Waals surface area contributed by atoms with Crippen LogP contribution < -0.4 is 14.8 Å². The summed E-state index contributed by atoms with van der Waals surface area (Å²) in [6.07, 6.45) is 3.15. The number of hydrogen-bond donors (Lipinski definition) is 1. The highest BCUT2D eigenvalue weighted by molar-refractivity contribution is 5.95. The molecule has 1 atom stereocenters. The molecule has 158 valence electrons. The maximum Gasteiger partial charge on any atom is 0.252 e. The molecular weight excluding hydrogens is 370 g/mol. The van der Waals surface area contributed by atoms with Crippen LogP contribution in [0.4, 0.5) is 0 Å². The number of nitrogens with zero attached hydrogens (tertiary/aromatic N) is 2. The Bertz CT molecular complexity index is 827. The molecule has 1 aliphatic rings. The van der Waals surface area contributed by atoms with E-state index in [0.717, 1.165) is 25.1 Å².